The van der Waals surface area contributed by atoms with Gasteiger partial charge in [-0.25, -0.2) is 0 Å². The Bertz CT molecular complexity index is 1090. The van der Waals surface area contributed by atoms with E-state index >= 15 is 0 Å². The number of fused-ring (bicyclic) bond motifs is 1. The molecular formula is C18H16O8. The molecule has 0 radical (unpaired) electrons. The van der Waals surface area contributed by atoms with Crippen molar-refractivity contribution in [1.29, 1.82) is 0 Å². The highest BCUT2D eigenvalue weighted by atomic mass is 16.5. The van der Waals surface area contributed by atoms with E-state index < -0.39 is 28.4 Å². The van der Waals surface area contributed by atoms with Gasteiger partial charge >= 0.3 is 0 Å². The predicted octanol–water partition coefficient (Wildman–Crippen LogP) is 2.61. The number of hydrogen-bond donors (Lipinski definition) is 5. The number of phenolic OH excluding ortho intramolecular Hbond substituents is 5. The molecule has 0 amide bonds. The van der Waals surface area contributed by atoms with Crippen LogP contribution in [0.25, 0.3) is 22.3 Å². The Labute approximate surface area is 146 Å². The van der Waals surface area contributed by atoms with Crippen molar-refractivity contribution in [3.05, 3.63) is 33.5 Å². The van der Waals surface area contributed by atoms with E-state index in [4.69, 9.17) is 9.15 Å². The molecule has 1 heterocycles. The fraction of sp³-hybridized carbons (Fsp3) is 0.167. The number of benzene rings is 2. The number of ether oxygens (including phenoxy) is 1. The lowest BCUT2D eigenvalue weighted by atomic mass is 10.0. The highest BCUT2D eigenvalue weighted by molar-refractivity contribution is 5.92. The summed E-state index contributed by atoms with van der Waals surface area (Å²) < 4.78 is 10.8. The van der Waals surface area contributed by atoms with Gasteiger partial charge in [-0.15, -0.1) is 0 Å². The maximum absolute atomic E-state index is 12.8. The van der Waals surface area contributed by atoms with Gasteiger partial charge in [0.1, 0.15) is 22.5 Å². The molecule has 5 N–H and O–H groups in total. The normalized spacial score (nSPS) is 11.0. The van der Waals surface area contributed by atoms with Crippen LogP contribution >= 0.6 is 0 Å². The smallest absolute Gasteiger partial charge is 0.239 e. The zero-order valence-corrected chi connectivity index (χ0v) is 14.1. The Morgan fingerprint density at radius 2 is 1.46 bits per heavy atom. The molecule has 0 aliphatic carbocycles. The number of aryl methyl sites for hydroxylation is 1. The molecule has 26 heavy (non-hydrogen) atoms. The molecule has 0 aliphatic rings. The van der Waals surface area contributed by atoms with Crippen molar-refractivity contribution in [3.8, 4) is 45.8 Å². The molecule has 0 fully saturated rings. The van der Waals surface area contributed by atoms with E-state index in [1.54, 1.807) is 0 Å². The van der Waals surface area contributed by atoms with Crippen LogP contribution < -0.4 is 10.2 Å². The number of phenols is 5. The van der Waals surface area contributed by atoms with Crippen LogP contribution in [0.5, 0.6) is 34.5 Å². The molecule has 8 heteroatoms. The lowest BCUT2D eigenvalue weighted by Crippen LogP contribution is -2.09. The summed E-state index contributed by atoms with van der Waals surface area (Å²) in [5, 5.41) is 49.1. The largest absolute Gasteiger partial charge is 0.507 e. The monoisotopic (exact) mass is 360 g/mol. The molecule has 3 rings (SSSR count). The van der Waals surface area contributed by atoms with Crippen molar-refractivity contribution in [1.82, 2.24) is 0 Å². The fourth-order valence-corrected chi connectivity index (χ4v) is 2.80. The van der Waals surface area contributed by atoms with Crippen LogP contribution in [0.3, 0.4) is 0 Å². The van der Waals surface area contributed by atoms with Crippen molar-refractivity contribution in [2.75, 3.05) is 7.11 Å². The molecule has 3 aromatic rings. The van der Waals surface area contributed by atoms with Crippen molar-refractivity contribution in [2.24, 2.45) is 0 Å². The summed E-state index contributed by atoms with van der Waals surface area (Å²) in [4.78, 5) is 12.8. The van der Waals surface area contributed by atoms with Crippen LogP contribution in [0.1, 0.15) is 11.1 Å². The number of aromatic hydroxyl groups is 5. The van der Waals surface area contributed by atoms with E-state index in [9.17, 15) is 30.3 Å². The van der Waals surface area contributed by atoms with Crippen molar-refractivity contribution in [2.45, 2.75) is 13.8 Å². The summed E-state index contributed by atoms with van der Waals surface area (Å²) >= 11 is 0. The molecule has 1 aromatic heterocycles. The lowest BCUT2D eigenvalue weighted by Gasteiger charge is -2.14. The number of rotatable bonds is 2. The Balaban J connectivity index is 2.51. The first-order valence-corrected chi connectivity index (χ1v) is 7.50. The third-order valence-electron chi connectivity index (χ3n) is 4.25. The van der Waals surface area contributed by atoms with Crippen LogP contribution in [-0.4, -0.2) is 32.6 Å². The van der Waals surface area contributed by atoms with Gasteiger partial charge in [0, 0.05) is 16.7 Å². The Hall–Kier alpha value is -3.55. The minimum absolute atomic E-state index is 0.0487. The quantitative estimate of drug-likeness (QED) is 0.439. The van der Waals surface area contributed by atoms with E-state index in [1.807, 2.05) is 0 Å². The molecule has 0 aliphatic heterocycles. The van der Waals surface area contributed by atoms with Gasteiger partial charge in [0.05, 0.1) is 7.11 Å². The highest BCUT2D eigenvalue weighted by Gasteiger charge is 2.25. The second-order valence-corrected chi connectivity index (χ2v) is 5.81. The van der Waals surface area contributed by atoms with Crippen LogP contribution in [0.2, 0.25) is 0 Å². The second kappa shape index (κ2) is 5.76. The van der Waals surface area contributed by atoms with Gasteiger partial charge in [-0.2, -0.15) is 0 Å². The zero-order valence-electron chi connectivity index (χ0n) is 14.1. The fourth-order valence-electron chi connectivity index (χ4n) is 2.80. The molecule has 0 atom stereocenters. The summed E-state index contributed by atoms with van der Waals surface area (Å²) in [7, 11) is 1.22. The predicted molar refractivity (Wildman–Crippen MR) is 92.3 cm³/mol. The highest BCUT2D eigenvalue weighted by Crippen LogP contribution is 2.44. The summed E-state index contributed by atoms with van der Waals surface area (Å²) in [6.45, 7) is 2.96. The van der Waals surface area contributed by atoms with E-state index in [0.717, 1.165) is 12.1 Å². The third-order valence-corrected chi connectivity index (χ3v) is 4.25. The van der Waals surface area contributed by atoms with Gasteiger partial charge in [0.25, 0.3) is 0 Å². The molecule has 0 saturated carbocycles. The average Bonchev–Trinajstić information content (AvgIpc) is 2.61. The first-order chi connectivity index (χ1) is 12.2. The summed E-state index contributed by atoms with van der Waals surface area (Å²) in [5.41, 5.74) is -0.369. The van der Waals surface area contributed by atoms with E-state index in [1.165, 1.54) is 21.0 Å². The van der Waals surface area contributed by atoms with Gasteiger partial charge in [-0.1, -0.05) is 0 Å². The molecule has 8 nitrogen and oxygen atoms in total. The van der Waals surface area contributed by atoms with Crippen LogP contribution in [0, 0.1) is 13.8 Å². The van der Waals surface area contributed by atoms with Crippen molar-refractivity contribution < 1.29 is 34.7 Å². The van der Waals surface area contributed by atoms with E-state index in [-0.39, 0.29) is 44.9 Å². The molecule has 0 unspecified atom stereocenters. The van der Waals surface area contributed by atoms with Crippen LogP contribution in [0.15, 0.2) is 21.3 Å². The molecule has 0 saturated heterocycles. The zero-order chi connectivity index (χ0) is 19.3. The maximum atomic E-state index is 12.8. The molecule has 136 valence electrons. The van der Waals surface area contributed by atoms with Crippen molar-refractivity contribution in [3.63, 3.8) is 0 Å². The third kappa shape index (κ3) is 2.26. The van der Waals surface area contributed by atoms with Gasteiger partial charge in [0.15, 0.2) is 23.0 Å². The first-order valence-electron chi connectivity index (χ1n) is 7.50. The van der Waals surface area contributed by atoms with Gasteiger partial charge in [0.2, 0.25) is 11.2 Å². The van der Waals surface area contributed by atoms with Crippen LogP contribution in [0.4, 0.5) is 0 Å². The minimum Gasteiger partial charge on any atom is -0.507 e. The van der Waals surface area contributed by atoms with Gasteiger partial charge in [-0.05, 0) is 26.0 Å². The standard InChI is InChI=1S/C18H16O8/c1-6-12(21)7(2)16-11(13(6)22)15(24)18(25-3)17(26-16)8-4-9(19)14(23)10(20)5-8/h4-5,19-23H,1-3H3. The second-order valence-electron chi connectivity index (χ2n) is 5.81. The Morgan fingerprint density at radius 1 is 0.885 bits per heavy atom. The van der Waals surface area contributed by atoms with E-state index in [2.05, 4.69) is 0 Å². The van der Waals surface area contributed by atoms with Crippen LogP contribution in [-0.2, 0) is 0 Å². The molecule has 2 aromatic carbocycles. The maximum Gasteiger partial charge on any atom is 0.239 e. The summed E-state index contributed by atoms with van der Waals surface area (Å²) in [5.74, 6) is -3.07. The molecule has 0 bridgehead atoms. The molecular weight excluding hydrogens is 344 g/mol. The van der Waals surface area contributed by atoms with Crippen molar-refractivity contribution >= 4 is 11.0 Å². The summed E-state index contributed by atoms with van der Waals surface area (Å²) in [6.07, 6.45) is 0. The lowest BCUT2D eigenvalue weighted by molar-refractivity contribution is 0.367. The number of hydrogen-bond acceptors (Lipinski definition) is 8. The summed E-state index contributed by atoms with van der Waals surface area (Å²) in [6, 6.07) is 2.15. The van der Waals surface area contributed by atoms with Gasteiger partial charge in [-0.3, -0.25) is 4.79 Å². The first kappa shape index (κ1) is 17.3. The van der Waals surface area contributed by atoms with E-state index in [0.29, 0.717) is 0 Å². The topological polar surface area (TPSA) is 141 Å². The Morgan fingerprint density at radius 3 is 2.00 bits per heavy atom. The Kier molecular flexibility index (Phi) is 3.83. The number of methoxy groups -OCH3 is 1. The van der Waals surface area contributed by atoms with Gasteiger partial charge < -0.3 is 34.7 Å². The minimum atomic E-state index is -0.724. The molecule has 0 spiro atoms. The average molecular weight is 360 g/mol. The SMILES string of the molecule is COc1c(-c2cc(O)c(O)c(O)c2)oc2c(C)c(O)c(C)c(O)c2c1=O.